The minimum absolute atomic E-state index is 0.343. The minimum atomic E-state index is -0.935. The zero-order valence-corrected chi connectivity index (χ0v) is 13.6. The third kappa shape index (κ3) is 4.76. The SMILES string of the molecule is COCc1ccccc1CNC(=O)NC(C)c1ccc(F)c(F)c1. The maximum absolute atomic E-state index is 13.2. The molecule has 0 fully saturated rings. The van der Waals surface area contributed by atoms with Crippen LogP contribution in [-0.4, -0.2) is 13.1 Å². The lowest BCUT2D eigenvalue weighted by Crippen LogP contribution is -2.36. The molecule has 0 radical (unpaired) electrons. The summed E-state index contributed by atoms with van der Waals surface area (Å²) in [5.41, 5.74) is 2.44. The van der Waals surface area contributed by atoms with Gasteiger partial charge in [-0.25, -0.2) is 13.6 Å². The second-order valence-corrected chi connectivity index (χ2v) is 5.42. The highest BCUT2D eigenvalue weighted by molar-refractivity contribution is 5.74. The van der Waals surface area contributed by atoms with Gasteiger partial charge in [-0.3, -0.25) is 0 Å². The Balaban J connectivity index is 1.92. The summed E-state index contributed by atoms with van der Waals surface area (Å²) in [4.78, 5) is 12.0. The lowest BCUT2D eigenvalue weighted by atomic mass is 10.1. The molecule has 2 rings (SSSR count). The van der Waals surface area contributed by atoms with Crippen LogP contribution in [0.1, 0.15) is 29.7 Å². The molecule has 2 amide bonds. The summed E-state index contributed by atoms with van der Waals surface area (Å²) in [5, 5.41) is 5.45. The van der Waals surface area contributed by atoms with Crippen LogP contribution in [0.5, 0.6) is 0 Å². The van der Waals surface area contributed by atoms with Gasteiger partial charge in [-0.2, -0.15) is 0 Å². The third-order valence-electron chi connectivity index (χ3n) is 3.65. The summed E-state index contributed by atoms with van der Waals surface area (Å²) >= 11 is 0. The van der Waals surface area contributed by atoms with Crippen molar-refractivity contribution in [3.8, 4) is 0 Å². The van der Waals surface area contributed by atoms with Crippen molar-refractivity contribution in [2.45, 2.75) is 26.1 Å². The van der Waals surface area contributed by atoms with Crippen LogP contribution in [0.2, 0.25) is 0 Å². The summed E-state index contributed by atoms with van der Waals surface area (Å²) in [6.45, 7) is 2.51. The van der Waals surface area contributed by atoms with Gasteiger partial charge in [0.1, 0.15) is 0 Å². The third-order valence-corrected chi connectivity index (χ3v) is 3.65. The standard InChI is InChI=1S/C18H20F2N2O2/c1-12(13-7-8-16(19)17(20)9-13)22-18(23)21-10-14-5-3-4-6-15(14)11-24-2/h3-9,12H,10-11H2,1-2H3,(H2,21,22,23). The molecule has 0 aliphatic heterocycles. The monoisotopic (exact) mass is 334 g/mol. The molecule has 4 nitrogen and oxygen atoms in total. The zero-order chi connectivity index (χ0) is 17.5. The predicted molar refractivity (Wildman–Crippen MR) is 87.3 cm³/mol. The van der Waals surface area contributed by atoms with E-state index in [0.717, 1.165) is 23.3 Å². The molecule has 24 heavy (non-hydrogen) atoms. The Kier molecular flexibility index (Phi) is 6.26. The van der Waals surface area contributed by atoms with Crippen LogP contribution >= 0.6 is 0 Å². The van der Waals surface area contributed by atoms with Crippen LogP contribution in [0, 0.1) is 11.6 Å². The Morgan fingerprint density at radius 2 is 1.83 bits per heavy atom. The molecule has 0 saturated heterocycles. The second kappa shape index (κ2) is 8.40. The molecule has 0 aromatic heterocycles. The number of carbonyl (C=O) groups excluding carboxylic acids is 1. The van der Waals surface area contributed by atoms with Crippen LogP contribution in [0.4, 0.5) is 13.6 Å². The van der Waals surface area contributed by atoms with Crippen LogP contribution in [0.25, 0.3) is 0 Å². The molecular weight excluding hydrogens is 314 g/mol. The summed E-state index contributed by atoms with van der Waals surface area (Å²) in [6.07, 6.45) is 0. The number of halogens is 2. The molecule has 2 aromatic carbocycles. The van der Waals surface area contributed by atoms with Crippen molar-refractivity contribution in [2.75, 3.05) is 7.11 Å². The van der Waals surface area contributed by atoms with Crippen LogP contribution in [0.15, 0.2) is 42.5 Å². The van der Waals surface area contributed by atoms with Gasteiger partial charge >= 0.3 is 6.03 Å². The van der Waals surface area contributed by atoms with E-state index in [1.54, 1.807) is 14.0 Å². The molecule has 1 atom stereocenters. The van der Waals surface area contributed by atoms with Crippen molar-refractivity contribution < 1.29 is 18.3 Å². The maximum atomic E-state index is 13.2. The quantitative estimate of drug-likeness (QED) is 0.847. The Morgan fingerprint density at radius 3 is 2.50 bits per heavy atom. The first kappa shape index (κ1) is 17.9. The Bertz CT molecular complexity index is 707. The van der Waals surface area contributed by atoms with E-state index in [1.807, 2.05) is 24.3 Å². The van der Waals surface area contributed by atoms with Gasteiger partial charge in [-0.15, -0.1) is 0 Å². The number of carbonyl (C=O) groups is 1. The summed E-state index contributed by atoms with van der Waals surface area (Å²) in [7, 11) is 1.61. The van der Waals surface area contributed by atoms with E-state index in [9.17, 15) is 13.6 Å². The number of nitrogens with one attached hydrogen (secondary N) is 2. The van der Waals surface area contributed by atoms with Gasteiger partial charge in [0.25, 0.3) is 0 Å². The van der Waals surface area contributed by atoms with Gasteiger partial charge in [0.2, 0.25) is 0 Å². The minimum Gasteiger partial charge on any atom is -0.380 e. The Hall–Kier alpha value is -2.47. The number of urea groups is 1. The fourth-order valence-corrected chi connectivity index (χ4v) is 2.31. The lowest BCUT2D eigenvalue weighted by Gasteiger charge is -2.16. The van der Waals surface area contributed by atoms with Crippen molar-refractivity contribution in [3.05, 3.63) is 70.8 Å². The van der Waals surface area contributed by atoms with E-state index >= 15 is 0 Å². The van der Waals surface area contributed by atoms with Gasteiger partial charge in [0.05, 0.1) is 12.6 Å². The molecule has 2 N–H and O–H groups in total. The van der Waals surface area contributed by atoms with Crippen molar-refractivity contribution in [1.29, 1.82) is 0 Å². The van der Waals surface area contributed by atoms with Crippen molar-refractivity contribution in [2.24, 2.45) is 0 Å². The van der Waals surface area contributed by atoms with Crippen LogP contribution < -0.4 is 10.6 Å². The highest BCUT2D eigenvalue weighted by atomic mass is 19.2. The largest absolute Gasteiger partial charge is 0.380 e. The van der Waals surface area contributed by atoms with E-state index in [-0.39, 0.29) is 6.03 Å². The first-order chi connectivity index (χ1) is 11.5. The second-order valence-electron chi connectivity index (χ2n) is 5.42. The Labute approximate surface area is 139 Å². The topological polar surface area (TPSA) is 50.4 Å². The summed E-state index contributed by atoms with van der Waals surface area (Å²) in [6, 6.07) is 10.4. The fraction of sp³-hybridized carbons (Fsp3) is 0.278. The molecule has 1 unspecified atom stereocenters. The highest BCUT2D eigenvalue weighted by Gasteiger charge is 2.12. The normalized spacial score (nSPS) is 11.8. The van der Waals surface area contributed by atoms with E-state index in [1.165, 1.54) is 6.07 Å². The molecular formula is C18H20F2N2O2. The molecule has 6 heteroatoms. The maximum Gasteiger partial charge on any atom is 0.315 e. The smallest absolute Gasteiger partial charge is 0.315 e. The van der Waals surface area contributed by atoms with E-state index in [0.29, 0.717) is 18.7 Å². The molecule has 0 bridgehead atoms. The first-order valence-electron chi connectivity index (χ1n) is 7.56. The average Bonchev–Trinajstić information content (AvgIpc) is 2.56. The zero-order valence-electron chi connectivity index (χ0n) is 13.6. The predicted octanol–water partition coefficient (Wildman–Crippen LogP) is 3.67. The molecule has 0 spiro atoms. The fourth-order valence-electron chi connectivity index (χ4n) is 2.31. The van der Waals surface area contributed by atoms with E-state index < -0.39 is 17.7 Å². The number of benzene rings is 2. The van der Waals surface area contributed by atoms with Gasteiger partial charge in [-0.05, 0) is 35.7 Å². The van der Waals surface area contributed by atoms with Crippen LogP contribution in [0.3, 0.4) is 0 Å². The van der Waals surface area contributed by atoms with Gasteiger partial charge in [-0.1, -0.05) is 30.3 Å². The summed E-state index contributed by atoms with van der Waals surface area (Å²) in [5.74, 6) is -1.85. The highest BCUT2D eigenvalue weighted by Crippen LogP contribution is 2.16. The molecule has 0 heterocycles. The summed E-state index contributed by atoms with van der Waals surface area (Å²) < 4.78 is 31.3. The van der Waals surface area contributed by atoms with Gasteiger partial charge in [0.15, 0.2) is 11.6 Å². The van der Waals surface area contributed by atoms with E-state index in [2.05, 4.69) is 10.6 Å². The number of hydrogen-bond donors (Lipinski definition) is 2. The van der Waals surface area contributed by atoms with Gasteiger partial charge < -0.3 is 15.4 Å². The number of hydrogen-bond acceptors (Lipinski definition) is 2. The number of methoxy groups -OCH3 is 1. The van der Waals surface area contributed by atoms with Crippen molar-refractivity contribution in [3.63, 3.8) is 0 Å². The number of amides is 2. The molecule has 128 valence electrons. The molecule has 0 saturated carbocycles. The van der Waals surface area contributed by atoms with Crippen molar-refractivity contribution >= 4 is 6.03 Å². The number of ether oxygens (including phenoxy) is 1. The average molecular weight is 334 g/mol. The Morgan fingerprint density at radius 1 is 1.12 bits per heavy atom. The van der Waals surface area contributed by atoms with Gasteiger partial charge in [0, 0.05) is 13.7 Å². The lowest BCUT2D eigenvalue weighted by molar-refractivity contribution is 0.184. The molecule has 0 aliphatic rings. The van der Waals surface area contributed by atoms with Crippen molar-refractivity contribution in [1.82, 2.24) is 10.6 Å². The molecule has 0 aliphatic carbocycles. The van der Waals surface area contributed by atoms with E-state index in [4.69, 9.17) is 4.74 Å². The molecule has 2 aromatic rings. The first-order valence-corrected chi connectivity index (χ1v) is 7.56. The number of rotatable bonds is 6. The van der Waals surface area contributed by atoms with Crippen LogP contribution in [-0.2, 0) is 17.9 Å².